The van der Waals surface area contributed by atoms with Gasteiger partial charge < -0.3 is 10.1 Å². The zero-order valence-electron chi connectivity index (χ0n) is 14.0. The number of Topliss-reactive ketones (excluding diaryl/α,β-unsaturated/α-hetero) is 2. The number of nitrogens with one attached hydrogen (secondary N) is 1. The highest BCUT2D eigenvalue weighted by atomic mass is 16.6. The summed E-state index contributed by atoms with van der Waals surface area (Å²) in [5, 5.41) is 13.7. The van der Waals surface area contributed by atoms with Crippen LogP contribution in [0.4, 0.5) is 11.4 Å². The molecule has 0 aromatic heterocycles. The molecule has 1 N–H and O–H groups in total. The van der Waals surface area contributed by atoms with Crippen molar-refractivity contribution >= 4 is 28.8 Å². The van der Waals surface area contributed by atoms with Gasteiger partial charge in [-0.25, -0.2) is 0 Å². The van der Waals surface area contributed by atoms with Crippen molar-refractivity contribution < 1.29 is 24.0 Å². The molecule has 8 nitrogen and oxygen atoms in total. The molecule has 2 aromatic carbocycles. The molecule has 0 aliphatic carbocycles. The molecule has 4 rings (SSSR count). The predicted octanol–water partition coefficient (Wildman–Crippen LogP) is 2.37. The molecule has 2 aliphatic rings. The summed E-state index contributed by atoms with van der Waals surface area (Å²) >= 11 is 0. The number of hydrogen-bond acceptors (Lipinski definition) is 6. The van der Waals surface area contributed by atoms with E-state index in [-0.39, 0.29) is 35.7 Å². The Morgan fingerprint density at radius 3 is 2.67 bits per heavy atom. The Bertz CT molecular complexity index is 987. The molecule has 2 heterocycles. The third-order valence-electron chi connectivity index (χ3n) is 4.86. The fourth-order valence-electron chi connectivity index (χ4n) is 3.50. The van der Waals surface area contributed by atoms with Gasteiger partial charge in [-0.15, -0.1) is 0 Å². The number of anilines is 1. The van der Waals surface area contributed by atoms with E-state index < -0.39 is 22.5 Å². The second kappa shape index (κ2) is 6.10. The Hall–Kier alpha value is -3.39. The number of nitro groups is 1. The van der Waals surface area contributed by atoms with E-state index in [2.05, 4.69) is 5.32 Å². The van der Waals surface area contributed by atoms with E-state index in [0.29, 0.717) is 11.3 Å². The monoisotopic (exact) mass is 366 g/mol. The van der Waals surface area contributed by atoms with Gasteiger partial charge in [0.2, 0.25) is 0 Å². The quantitative estimate of drug-likeness (QED) is 0.504. The summed E-state index contributed by atoms with van der Waals surface area (Å²) in [6, 6.07) is 12.4. The van der Waals surface area contributed by atoms with Gasteiger partial charge >= 0.3 is 0 Å². The molecule has 27 heavy (non-hydrogen) atoms. The summed E-state index contributed by atoms with van der Waals surface area (Å²) in [5.41, 5.74) is -0.760. The molecule has 0 radical (unpaired) electrons. The van der Waals surface area contributed by atoms with E-state index in [9.17, 15) is 24.5 Å². The molecule has 136 valence electrons. The van der Waals surface area contributed by atoms with Crippen LogP contribution in [0, 0.1) is 10.1 Å². The number of amides is 1. The number of nitro benzene ring substituents is 1. The molecule has 0 saturated carbocycles. The van der Waals surface area contributed by atoms with Gasteiger partial charge in [-0.1, -0.05) is 30.3 Å². The zero-order chi connectivity index (χ0) is 19.2. The topological polar surface area (TPSA) is 116 Å². The van der Waals surface area contributed by atoms with Crippen molar-refractivity contribution in [3.8, 4) is 0 Å². The molecule has 0 unspecified atom stereocenters. The fourth-order valence-corrected chi connectivity index (χ4v) is 3.50. The second-order valence-electron chi connectivity index (χ2n) is 6.51. The van der Waals surface area contributed by atoms with Crippen LogP contribution in [0.5, 0.6) is 0 Å². The highest BCUT2D eigenvalue weighted by Crippen LogP contribution is 2.47. The SMILES string of the molecule is O=C(C[C@@H]1O[C@@]2(CC1=O)C(=O)Nc1ccc([N+](=O)[O-])cc12)c1ccccc1. The molecule has 2 aromatic rings. The number of benzene rings is 2. The first-order chi connectivity index (χ1) is 12.9. The van der Waals surface area contributed by atoms with E-state index in [1.807, 2.05) is 0 Å². The lowest BCUT2D eigenvalue weighted by Crippen LogP contribution is -2.34. The van der Waals surface area contributed by atoms with Crippen molar-refractivity contribution in [2.45, 2.75) is 24.5 Å². The summed E-state index contributed by atoms with van der Waals surface area (Å²) < 4.78 is 5.78. The molecule has 0 bridgehead atoms. The Morgan fingerprint density at radius 2 is 1.96 bits per heavy atom. The smallest absolute Gasteiger partial charge is 0.269 e. The van der Waals surface area contributed by atoms with Crippen LogP contribution >= 0.6 is 0 Å². The van der Waals surface area contributed by atoms with Crippen LogP contribution in [-0.2, 0) is 19.9 Å². The lowest BCUT2D eigenvalue weighted by Gasteiger charge is -2.21. The van der Waals surface area contributed by atoms with Crippen LogP contribution in [0.2, 0.25) is 0 Å². The molecule has 8 heteroatoms. The Labute approximate surface area is 153 Å². The van der Waals surface area contributed by atoms with Crippen LogP contribution in [0.3, 0.4) is 0 Å². The third kappa shape index (κ3) is 2.70. The van der Waals surface area contributed by atoms with Crippen LogP contribution in [-0.4, -0.2) is 28.5 Å². The Morgan fingerprint density at radius 1 is 1.22 bits per heavy atom. The van der Waals surface area contributed by atoms with Crippen LogP contribution < -0.4 is 5.32 Å². The van der Waals surface area contributed by atoms with Crippen molar-refractivity contribution in [1.82, 2.24) is 0 Å². The molecular weight excluding hydrogens is 352 g/mol. The molecular formula is C19H14N2O6. The highest BCUT2D eigenvalue weighted by molar-refractivity contribution is 6.10. The highest BCUT2D eigenvalue weighted by Gasteiger charge is 2.57. The number of nitrogens with zero attached hydrogens (tertiary/aromatic N) is 1. The van der Waals surface area contributed by atoms with Gasteiger partial charge in [-0.2, -0.15) is 0 Å². The van der Waals surface area contributed by atoms with Gasteiger partial charge in [-0.3, -0.25) is 24.5 Å². The van der Waals surface area contributed by atoms with Crippen LogP contribution in [0.15, 0.2) is 48.5 Å². The van der Waals surface area contributed by atoms with E-state index in [1.165, 1.54) is 18.2 Å². The number of fused-ring (bicyclic) bond motifs is 2. The minimum absolute atomic E-state index is 0.192. The number of ketones is 2. The Kier molecular flexibility index (Phi) is 3.85. The first-order valence-corrected chi connectivity index (χ1v) is 8.30. The number of non-ortho nitro benzene ring substituents is 1. The largest absolute Gasteiger partial charge is 0.348 e. The zero-order valence-corrected chi connectivity index (χ0v) is 14.0. The second-order valence-corrected chi connectivity index (χ2v) is 6.51. The van der Waals surface area contributed by atoms with E-state index in [4.69, 9.17) is 4.74 Å². The van der Waals surface area contributed by atoms with Crippen LogP contribution in [0.25, 0.3) is 0 Å². The molecule has 1 fully saturated rings. The van der Waals surface area contributed by atoms with E-state index in [0.717, 1.165) is 0 Å². The standard InChI is InChI=1S/C19H14N2O6/c22-15(11-4-2-1-3-5-11)9-17-16(23)10-19(27-17)13-8-12(21(25)26)6-7-14(13)20-18(19)24/h1-8,17H,9-10H2,(H,20,24)/t17-,19+/m0/s1. The average molecular weight is 366 g/mol. The van der Waals surface area contributed by atoms with Crippen molar-refractivity contribution in [3.05, 3.63) is 69.8 Å². The molecule has 2 atom stereocenters. The maximum atomic E-state index is 12.5. The number of rotatable bonds is 4. The van der Waals surface area contributed by atoms with Crippen LogP contribution in [0.1, 0.15) is 28.8 Å². The van der Waals surface area contributed by atoms with Gasteiger partial charge in [0.05, 0.1) is 11.3 Å². The minimum atomic E-state index is -1.62. The summed E-state index contributed by atoms with van der Waals surface area (Å²) in [6.45, 7) is 0. The van der Waals surface area contributed by atoms with Crippen molar-refractivity contribution in [2.24, 2.45) is 0 Å². The predicted molar refractivity (Wildman–Crippen MR) is 93.3 cm³/mol. The molecule has 1 spiro atoms. The average Bonchev–Trinajstić information content (AvgIpc) is 3.12. The van der Waals surface area contributed by atoms with Gasteiger partial charge in [0, 0.05) is 35.4 Å². The maximum Gasteiger partial charge on any atom is 0.269 e. The summed E-state index contributed by atoms with van der Waals surface area (Å²) in [4.78, 5) is 47.9. The Balaban J connectivity index is 1.64. The normalized spacial score (nSPS) is 23.3. The number of carbonyl (C=O) groups excluding carboxylic acids is 3. The lowest BCUT2D eigenvalue weighted by atomic mass is 9.91. The first-order valence-electron chi connectivity index (χ1n) is 8.30. The van der Waals surface area contributed by atoms with Gasteiger partial charge in [-0.05, 0) is 6.07 Å². The molecule has 1 saturated heterocycles. The summed E-state index contributed by atoms with van der Waals surface area (Å²) in [7, 11) is 0. The number of ether oxygens (including phenoxy) is 1. The summed E-state index contributed by atoms with van der Waals surface area (Å²) in [5.74, 6) is -1.21. The van der Waals surface area contributed by atoms with Crippen molar-refractivity contribution in [1.29, 1.82) is 0 Å². The molecule has 1 amide bonds. The van der Waals surface area contributed by atoms with Crippen molar-refractivity contribution in [3.63, 3.8) is 0 Å². The van der Waals surface area contributed by atoms with Crippen molar-refractivity contribution in [2.75, 3.05) is 5.32 Å². The number of hydrogen-bond donors (Lipinski definition) is 1. The van der Waals surface area contributed by atoms with Gasteiger partial charge in [0.15, 0.2) is 17.2 Å². The minimum Gasteiger partial charge on any atom is -0.348 e. The van der Waals surface area contributed by atoms with Gasteiger partial charge in [0.25, 0.3) is 11.6 Å². The van der Waals surface area contributed by atoms with E-state index >= 15 is 0 Å². The van der Waals surface area contributed by atoms with E-state index in [1.54, 1.807) is 30.3 Å². The summed E-state index contributed by atoms with van der Waals surface area (Å²) in [6.07, 6.45) is -1.53. The third-order valence-corrected chi connectivity index (χ3v) is 4.86. The maximum absolute atomic E-state index is 12.5. The fraction of sp³-hybridized carbons (Fsp3) is 0.211. The molecule has 2 aliphatic heterocycles. The first kappa shape index (κ1) is 17.0. The lowest BCUT2D eigenvalue weighted by molar-refractivity contribution is -0.385. The van der Waals surface area contributed by atoms with Gasteiger partial charge in [0.1, 0.15) is 6.10 Å². The number of carbonyl (C=O) groups is 3.